The number of hydrogen-bond donors (Lipinski definition) is 2. The van der Waals surface area contributed by atoms with E-state index in [-0.39, 0.29) is 24.5 Å². The van der Waals surface area contributed by atoms with Gasteiger partial charge >= 0.3 is 0 Å². The fourth-order valence-corrected chi connectivity index (χ4v) is 5.56. The number of benzene rings is 3. The maximum absolute atomic E-state index is 12.3. The van der Waals surface area contributed by atoms with E-state index in [1.807, 2.05) is 78.9 Å². The molecule has 3 aromatic carbocycles. The summed E-state index contributed by atoms with van der Waals surface area (Å²) in [5.74, 6) is 1.51. The number of Topliss-reactive ketones (excluding diaryl/α,β-unsaturated/α-hetero) is 1. The standard InChI is InChI=1S/C32H31N3O7/c1-39-23-12-8-21(9-13-23)32(20-6-4-3-5-7-20,22-10-14-24(40-2)15-11-22)41-18-26-28(37)29(38)31(42-26)35-19-34-27-25(36)16-17-33-30(27)35/h3-15,17,19,26,28-29,31,37-38H,16,18H2,1-2H3/t26-,28-,29-,31-/m1/s1. The third-order valence-electron chi connectivity index (χ3n) is 7.77. The number of rotatable bonds is 9. The van der Waals surface area contributed by atoms with Crippen LogP contribution >= 0.6 is 0 Å². The minimum Gasteiger partial charge on any atom is -0.497 e. The smallest absolute Gasteiger partial charge is 0.190 e. The van der Waals surface area contributed by atoms with E-state index in [9.17, 15) is 15.0 Å². The van der Waals surface area contributed by atoms with E-state index in [1.165, 1.54) is 17.1 Å². The first-order valence-corrected chi connectivity index (χ1v) is 13.6. The molecule has 3 heterocycles. The molecule has 0 aliphatic carbocycles. The highest BCUT2D eigenvalue weighted by Gasteiger charge is 2.47. The van der Waals surface area contributed by atoms with Gasteiger partial charge in [-0.1, -0.05) is 54.6 Å². The number of methoxy groups -OCH3 is 2. The maximum atomic E-state index is 12.3. The number of ether oxygens (including phenoxy) is 4. The minimum absolute atomic E-state index is 0.0826. The van der Waals surface area contributed by atoms with E-state index in [0.29, 0.717) is 17.3 Å². The summed E-state index contributed by atoms with van der Waals surface area (Å²) < 4.78 is 25.3. The van der Waals surface area contributed by atoms with E-state index >= 15 is 0 Å². The molecule has 42 heavy (non-hydrogen) atoms. The molecule has 0 spiro atoms. The van der Waals surface area contributed by atoms with Crippen LogP contribution in [0.2, 0.25) is 0 Å². The first-order valence-electron chi connectivity index (χ1n) is 13.6. The van der Waals surface area contributed by atoms with Crippen molar-refractivity contribution < 1.29 is 34.0 Å². The Labute approximate surface area is 242 Å². The summed E-state index contributed by atoms with van der Waals surface area (Å²) in [6.45, 7) is -0.0826. The van der Waals surface area contributed by atoms with Gasteiger partial charge in [-0.3, -0.25) is 9.36 Å². The van der Waals surface area contributed by atoms with Crippen molar-refractivity contribution in [3.05, 3.63) is 108 Å². The molecule has 4 aromatic rings. The molecular weight excluding hydrogens is 538 g/mol. The highest BCUT2D eigenvalue weighted by molar-refractivity contribution is 6.08. The van der Waals surface area contributed by atoms with Crippen molar-refractivity contribution in [3.8, 4) is 11.5 Å². The van der Waals surface area contributed by atoms with E-state index < -0.39 is 30.1 Å². The Morgan fingerprint density at radius 1 is 0.881 bits per heavy atom. The van der Waals surface area contributed by atoms with Crippen molar-refractivity contribution in [3.63, 3.8) is 0 Å². The molecule has 1 fully saturated rings. The van der Waals surface area contributed by atoms with Gasteiger partial charge in [-0.05, 0) is 41.0 Å². The third-order valence-corrected chi connectivity index (χ3v) is 7.77. The zero-order chi connectivity index (χ0) is 29.3. The van der Waals surface area contributed by atoms with Crippen molar-refractivity contribution in [2.24, 2.45) is 4.99 Å². The molecule has 10 nitrogen and oxygen atoms in total. The molecule has 2 aliphatic rings. The van der Waals surface area contributed by atoms with E-state index in [2.05, 4.69) is 9.98 Å². The van der Waals surface area contributed by atoms with Gasteiger partial charge in [0.2, 0.25) is 0 Å². The maximum Gasteiger partial charge on any atom is 0.190 e. The molecule has 0 amide bonds. The zero-order valence-corrected chi connectivity index (χ0v) is 23.2. The lowest BCUT2D eigenvalue weighted by Crippen LogP contribution is -2.39. The number of aliphatic imine (C=N–C) groups is 1. The van der Waals surface area contributed by atoms with Gasteiger partial charge in [0.15, 0.2) is 23.5 Å². The van der Waals surface area contributed by atoms with Gasteiger partial charge in [0.25, 0.3) is 0 Å². The summed E-state index contributed by atoms with van der Waals surface area (Å²) in [6.07, 6.45) is -1.45. The SMILES string of the molecule is COc1ccc(C(OC[C@H]2O[C@@H](n3cnc4c3N=CCC4=O)[C@H](O)[C@@H]2O)(c2ccccc2)c2ccc(OC)cc2)cc1. The van der Waals surface area contributed by atoms with Crippen LogP contribution in [0.1, 0.15) is 39.8 Å². The monoisotopic (exact) mass is 569 g/mol. The molecule has 1 saturated heterocycles. The molecule has 0 saturated carbocycles. The van der Waals surface area contributed by atoms with Gasteiger partial charge < -0.3 is 29.2 Å². The van der Waals surface area contributed by atoms with Gasteiger partial charge in [0.1, 0.15) is 35.4 Å². The Balaban J connectivity index is 1.38. The Hall–Kier alpha value is -4.35. The lowest BCUT2D eigenvalue weighted by Gasteiger charge is -2.37. The van der Waals surface area contributed by atoms with E-state index in [0.717, 1.165) is 16.7 Å². The summed E-state index contributed by atoms with van der Waals surface area (Å²) in [4.78, 5) is 20.7. The molecule has 2 aliphatic heterocycles. The summed E-state index contributed by atoms with van der Waals surface area (Å²) in [5, 5.41) is 22.1. The fourth-order valence-electron chi connectivity index (χ4n) is 5.56. The number of aliphatic hydroxyl groups is 2. The number of carbonyl (C=O) groups is 1. The average Bonchev–Trinajstić information content (AvgIpc) is 3.59. The molecule has 2 N–H and O–H groups in total. The van der Waals surface area contributed by atoms with Crippen LogP contribution in [0.4, 0.5) is 5.82 Å². The van der Waals surface area contributed by atoms with Crippen LogP contribution in [0.15, 0.2) is 90.2 Å². The molecule has 0 radical (unpaired) electrons. The topological polar surface area (TPSA) is 125 Å². The van der Waals surface area contributed by atoms with Crippen LogP contribution < -0.4 is 9.47 Å². The van der Waals surface area contributed by atoms with Crippen LogP contribution in [0.3, 0.4) is 0 Å². The van der Waals surface area contributed by atoms with Gasteiger partial charge in [-0.25, -0.2) is 9.98 Å². The van der Waals surface area contributed by atoms with E-state index in [4.69, 9.17) is 18.9 Å². The molecular formula is C32H31N3O7. The van der Waals surface area contributed by atoms with Crippen LogP contribution in [0, 0.1) is 0 Å². The summed E-state index contributed by atoms with van der Waals surface area (Å²) in [6, 6.07) is 25.0. The Morgan fingerprint density at radius 3 is 2.07 bits per heavy atom. The number of imidazole rings is 1. The zero-order valence-electron chi connectivity index (χ0n) is 23.2. The van der Waals surface area contributed by atoms with Gasteiger partial charge in [0, 0.05) is 12.6 Å². The molecule has 4 atom stereocenters. The molecule has 0 bridgehead atoms. The molecule has 6 rings (SSSR count). The number of nitrogens with zero attached hydrogens (tertiary/aromatic N) is 3. The fraction of sp³-hybridized carbons (Fsp3) is 0.281. The van der Waals surface area contributed by atoms with Crippen molar-refractivity contribution in [1.29, 1.82) is 0 Å². The van der Waals surface area contributed by atoms with E-state index in [1.54, 1.807) is 14.2 Å². The third kappa shape index (κ3) is 4.78. The average molecular weight is 570 g/mol. The second-order valence-corrected chi connectivity index (χ2v) is 10.1. The van der Waals surface area contributed by atoms with Crippen LogP contribution in [0.25, 0.3) is 0 Å². The quantitative estimate of drug-likeness (QED) is 0.292. The van der Waals surface area contributed by atoms with Gasteiger partial charge in [0.05, 0.1) is 27.2 Å². The summed E-state index contributed by atoms with van der Waals surface area (Å²) in [5.41, 5.74) is 1.57. The highest BCUT2D eigenvalue weighted by Crippen LogP contribution is 2.43. The largest absolute Gasteiger partial charge is 0.497 e. The van der Waals surface area contributed by atoms with Crippen molar-refractivity contribution in [2.75, 3.05) is 20.8 Å². The lowest BCUT2D eigenvalue weighted by atomic mass is 9.80. The van der Waals surface area contributed by atoms with Crippen LogP contribution in [-0.2, 0) is 15.1 Å². The van der Waals surface area contributed by atoms with Crippen LogP contribution in [-0.4, -0.2) is 70.9 Å². The number of aromatic nitrogens is 2. The Morgan fingerprint density at radius 2 is 1.48 bits per heavy atom. The summed E-state index contributed by atoms with van der Waals surface area (Å²) >= 11 is 0. The minimum atomic E-state index is -1.31. The Bertz CT molecular complexity index is 1520. The number of fused-ring (bicyclic) bond motifs is 1. The number of carbonyl (C=O) groups excluding carboxylic acids is 1. The molecule has 10 heteroatoms. The van der Waals surface area contributed by atoms with Crippen molar-refractivity contribution in [1.82, 2.24) is 9.55 Å². The molecule has 1 aromatic heterocycles. The number of hydrogen-bond acceptors (Lipinski definition) is 9. The second-order valence-electron chi connectivity index (χ2n) is 10.1. The molecule has 0 unspecified atom stereocenters. The van der Waals surface area contributed by atoms with Crippen molar-refractivity contribution in [2.45, 2.75) is 36.6 Å². The molecule has 216 valence electrons. The van der Waals surface area contributed by atoms with Crippen molar-refractivity contribution >= 4 is 17.8 Å². The first kappa shape index (κ1) is 27.8. The number of ketones is 1. The second kappa shape index (κ2) is 11.5. The van der Waals surface area contributed by atoms with Gasteiger partial charge in [-0.15, -0.1) is 0 Å². The van der Waals surface area contributed by atoms with Gasteiger partial charge in [-0.2, -0.15) is 0 Å². The normalized spacial score (nSPS) is 21.8. The summed E-state index contributed by atoms with van der Waals surface area (Å²) in [7, 11) is 3.22. The predicted octanol–water partition coefficient (Wildman–Crippen LogP) is 3.82. The van der Waals surface area contributed by atoms with Crippen LogP contribution in [0.5, 0.6) is 11.5 Å². The Kier molecular flexibility index (Phi) is 7.61. The highest BCUT2D eigenvalue weighted by atomic mass is 16.6. The number of aliphatic hydroxyl groups excluding tert-OH is 2. The first-order chi connectivity index (χ1) is 20.5. The predicted molar refractivity (Wildman–Crippen MR) is 154 cm³/mol. The lowest BCUT2D eigenvalue weighted by molar-refractivity contribution is -0.0945.